The molecule has 0 atom stereocenters. The van der Waals surface area contributed by atoms with Crippen LogP contribution in [0.15, 0.2) is 67.0 Å². The molecule has 0 radical (unpaired) electrons. The van der Waals surface area contributed by atoms with E-state index in [2.05, 4.69) is 16.9 Å². The van der Waals surface area contributed by atoms with Gasteiger partial charge in [0.2, 0.25) is 5.88 Å². The van der Waals surface area contributed by atoms with Crippen LogP contribution < -0.4 is 4.74 Å². The molecule has 0 aliphatic carbocycles. The first-order valence-corrected chi connectivity index (χ1v) is 7.86. The average Bonchev–Trinajstić information content (AvgIpc) is 3.02. The first kappa shape index (κ1) is 14.4. The van der Waals surface area contributed by atoms with Crippen molar-refractivity contribution in [2.75, 3.05) is 0 Å². The summed E-state index contributed by atoms with van der Waals surface area (Å²) in [7, 11) is 0. The van der Waals surface area contributed by atoms with Gasteiger partial charge >= 0.3 is 0 Å². The third kappa shape index (κ3) is 2.60. The molecule has 0 spiro atoms. The number of fused-ring (bicyclic) bond motifs is 1. The van der Waals surface area contributed by atoms with Crippen LogP contribution in [-0.2, 0) is 6.54 Å². The molecule has 0 aliphatic rings. The molecule has 0 N–H and O–H groups in total. The van der Waals surface area contributed by atoms with Crippen molar-refractivity contribution in [2.24, 2.45) is 0 Å². The quantitative estimate of drug-likeness (QED) is 0.563. The van der Waals surface area contributed by atoms with Crippen molar-refractivity contribution >= 4 is 11.0 Å². The molecule has 5 heteroatoms. The minimum atomic E-state index is 0.577. The highest BCUT2D eigenvalue weighted by Gasteiger charge is 2.12. The molecule has 0 fully saturated rings. The number of rotatable bonds is 4. The van der Waals surface area contributed by atoms with Gasteiger partial charge in [-0.05, 0) is 49.4 Å². The summed E-state index contributed by atoms with van der Waals surface area (Å²) in [5.41, 5.74) is 3.86. The first-order chi connectivity index (χ1) is 11.8. The lowest BCUT2D eigenvalue weighted by atomic mass is 10.1. The van der Waals surface area contributed by atoms with Crippen molar-refractivity contribution in [3.05, 3.63) is 67.0 Å². The molecule has 24 heavy (non-hydrogen) atoms. The second-order valence-corrected chi connectivity index (χ2v) is 5.33. The van der Waals surface area contributed by atoms with E-state index in [0.29, 0.717) is 5.88 Å². The Morgan fingerprint density at radius 3 is 2.50 bits per heavy atom. The molecule has 3 aromatic heterocycles. The predicted molar refractivity (Wildman–Crippen MR) is 92.9 cm³/mol. The van der Waals surface area contributed by atoms with Gasteiger partial charge in [-0.2, -0.15) is 5.10 Å². The number of hydrogen-bond donors (Lipinski definition) is 0. The summed E-state index contributed by atoms with van der Waals surface area (Å²) in [4.78, 5) is 8.65. The van der Waals surface area contributed by atoms with E-state index >= 15 is 0 Å². The van der Waals surface area contributed by atoms with Crippen molar-refractivity contribution in [2.45, 2.75) is 13.5 Å². The molecular formula is C19H16N4O. The van der Waals surface area contributed by atoms with Gasteiger partial charge in [-0.1, -0.05) is 6.07 Å². The lowest BCUT2D eigenvalue weighted by Gasteiger charge is -2.05. The summed E-state index contributed by atoms with van der Waals surface area (Å²) < 4.78 is 7.70. The molecule has 0 bridgehead atoms. The maximum absolute atomic E-state index is 5.73. The summed E-state index contributed by atoms with van der Waals surface area (Å²) in [5.74, 6) is 1.32. The fourth-order valence-corrected chi connectivity index (χ4v) is 2.65. The number of pyridine rings is 2. The Hall–Kier alpha value is -3.21. The molecule has 0 aliphatic heterocycles. The summed E-state index contributed by atoms with van der Waals surface area (Å²) >= 11 is 0. The van der Waals surface area contributed by atoms with Gasteiger partial charge in [0.1, 0.15) is 17.0 Å². The standard InChI is InChI=1S/C19H16N4O/c1-2-23-16-6-5-13-21-19(16)18(22-23)14-8-10-15(11-9-14)24-17-7-3-4-12-20-17/h3-13H,2H2,1H3. The van der Waals surface area contributed by atoms with Crippen LogP contribution in [0, 0.1) is 0 Å². The molecule has 4 rings (SSSR count). The second-order valence-electron chi connectivity index (χ2n) is 5.33. The van der Waals surface area contributed by atoms with E-state index < -0.39 is 0 Å². The van der Waals surface area contributed by atoms with Crippen molar-refractivity contribution in [3.8, 4) is 22.9 Å². The van der Waals surface area contributed by atoms with Gasteiger partial charge in [-0.3, -0.25) is 9.67 Å². The van der Waals surface area contributed by atoms with Crippen LogP contribution in [0.4, 0.5) is 0 Å². The molecule has 0 saturated heterocycles. The number of hydrogen-bond acceptors (Lipinski definition) is 4. The minimum Gasteiger partial charge on any atom is -0.439 e. The number of nitrogens with zero attached hydrogens (tertiary/aromatic N) is 4. The van der Waals surface area contributed by atoms with Crippen molar-refractivity contribution in [1.82, 2.24) is 19.7 Å². The topological polar surface area (TPSA) is 52.8 Å². The largest absolute Gasteiger partial charge is 0.439 e. The molecular weight excluding hydrogens is 300 g/mol. The molecule has 4 aromatic rings. The zero-order chi connectivity index (χ0) is 16.4. The van der Waals surface area contributed by atoms with Gasteiger partial charge in [-0.15, -0.1) is 0 Å². The predicted octanol–water partition coefficient (Wildman–Crippen LogP) is 4.31. The number of ether oxygens (including phenoxy) is 1. The lowest BCUT2D eigenvalue weighted by Crippen LogP contribution is -1.95. The van der Waals surface area contributed by atoms with E-state index in [1.165, 1.54) is 0 Å². The average molecular weight is 316 g/mol. The molecule has 0 amide bonds. The Morgan fingerprint density at radius 1 is 0.917 bits per heavy atom. The maximum Gasteiger partial charge on any atom is 0.219 e. The Morgan fingerprint density at radius 2 is 1.75 bits per heavy atom. The Bertz CT molecular complexity index is 962. The van der Waals surface area contributed by atoms with Crippen LogP contribution in [-0.4, -0.2) is 19.7 Å². The fraction of sp³-hybridized carbons (Fsp3) is 0.105. The number of benzene rings is 1. The van der Waals surface area contributed by atoms with Crippen molar-refractivity contribution in [3.63, 3.8) is 0 Å². The van der Waals surface area contributed by atoms with Gasteiger partial charge in [0.25, 0.3) is 0 Å². The van der Waals surface area contributed by atoms with E-state index in [1.54, 1.807) is 12.4 Å². The molecule has 0 unspecified atom stereocenters. The first-order valence-electron chi connectivity index (χ1n) is 7.86. The van der Waals surface area contributed by atoms with Crippen LogP contribution in [0.3, 0.4) is 0 Å². The highest BCUT2D eigenvalue weighted by molar-refractivity contribution is 5.89. The van der Waals surface area contributed by atoms with Gasteiger partial charge in [0.05, 0.1) is 5.52 Å². The van der Waals surface area contributed by atoms with E-state index in [-0.39, 0.29) is 0 Å². The van der Waals surface area contributed by atoms with E-state index in [1.807, 2.05) is 59.3 Å². The monoisotopic (exact) mass is 316 g/mol. The zero-order valence-electron chi connectivity index (χ0n) is 13.3. The van der Waals surface area contributed by atoms with Gasteiger partial charge in [0, 0.05) is 30.6 Å². The Balaban J connectivity index is 1.68. The van der Waals surface area contributed by atoms with Crippen molar-refractivity contribution < 1.29 is 4.74 Å². The van der Waals surface area contributed by atoms with E-state index in [9.17, 15) is 0 Å². The van der Waals surface area contributed by atoms with Crippen LogP contribution in [0.25, 0.3) is 22.3 Å². The summed E-state index contributed by atoms with van der Waals surface area (Å²) in [6.45, 7) is 2.89. The highest BCUT2D eigenvalue weighted by atomic mass is 16.5. The maximum atomic E-state index is 5.73. The minimum absolute atomic E-state index is 0.577. The van der Waals surface area contributed by atoms with Gasteiger partial charge < -0.3 is 4.74 Å². The fourth-order valence-electron chi connectivity index (χ4n) is 2.65. The normalized spacial score (nSPS) is 10.9. The summed E-state index contributed by atoms with van der Waals surface area (Å²) in [6.07, 6.45) is 3.50. The van der Waals surface area contributed by atoms with Crippen LogP contribution in [0.5, 0.6) is 11.6 Å². The van der Waals surface area contributed by atoms with Gasteiger partial charge in [0.15, 0.2) is 0 Å². The van der Waals surface area contributed by atoms with Crippen LogP contribution in [0.2, 0.25) is 0 Å². The number of aryl methyl sites for hydroxylation is 1. The van der Waals surface area contributed by atoms with Crippen LogP contribution >= 0.6 is 0 Å². The smallest absolute Gasteiger partial charge is 0.219 e. The third-order valence-electron chi connectivity index (χ3n) is 3.80. The third-order valence-corrected chi connectivity index (χ3v) is 3.80. The summed E-state index contributed by atoms with van der Waals surface area (Å²) in [5, 5.41) is 4.69. The second kappa shape index (κ2) is 6.12. The Labute approximate surface area is 139 Å². The van der Waals surface area contributed by atoms with E-state index in [0.717, 1.165) is 34.6 Å². The van der Waals surface area contributed by atoms with Crippen LogP contribution in [0.1, 0.15) is 6.92 Å². The molecule has 5 nitrogen and oxygen atoms in total. The molecule has 118 valence electrons. The van der Waals surface area contributed by atoms with Gasteiger partial charge in [-0.25, -0.2) is 4.98 Å². The Kier molecular flexibility index (Phi) is 3.67. The SMILES string of the molecule is CCn1nc(-c2ccc(Oc3ccccn3)cc2)c2ncccc21. The molecule has 0 saturated carbocycles. The zero-order valence-corrected chi connectivity index (χ0v) is 13.3. The molecule has 3 heterocycles. The van der Waals surface area contributed by atoms with Crippen molar-refractivity contribution in [1.29, 1.82) is 0 Å². The number of aromatic nitrogens is 4. The highest BCUT2D eigenvalue weighted by Crippen LogP contribution is 2.28. The summed E-state index contributed by atoms with van der Waals surface area (Å²) in [6, 6.07) is 17.4. The molecule has 1 aromatic carbocycles. The van der Waals surface area contributed by atoms with E-state index in [4.69, 9.17) is 9.84 Å². The lowest BCUT2D eigenvalue weighted by molar-refractivity contribution is 0.463.